The highest BCUT2D eigenvalue weighted by molar-refractivity contribution is 6.00. The number of carbonyl (C=O) groups is 1. The van der Waals surface area contributed by atoms with Gasteiger partial charge in [-0.25, -0.2) is 5.32 Å². The van der Waals surface area contributed by atoms with E-state index in [4.69, 9.17) is 4.74 Å². The van der Waals surface area contributed by atoms with Crippen molar-refractivity contribution in [3.05, 3.63) is 29.8 Å². The zero-order chi connectivity index (χ0) is 11.4. The molecule has 16 heavy (non-hydrogen) atoms. The summed E-state index contributed by atoms with van der Waals surface area (Å²) in [4.78, 5) is 12.1. The van der Waals surface area contributed by atoms with Crippen molar-refractivity contribution < 1.29 is 9.53 Å². The topological polar surface area (TPSA) is 40.4 Å². The van der Waals surface area contributed by atoms with Gasteiger partial charge in [0.2, 0.25) is 0 Å². The maximum Gasteiger partial charge on any atom is 0.181 e. The molecule has 0 aromatic heterocycles. The average molecular weight is 218 g/mol. The molecule has 0 saturated carbocycles. The van der Waals surface area contributed by atoms with Crippen LogP contribution in [-0.2, 0) is 0 Å². The van der Waals surface area contributed by atoms with Crippen LogP contribution >= 0.6 is 0 Å². The van der Waals surface area contributed by atoms with Crippen molar-refractivity contribution in [2.24, 2.45) is 0 Å². The van der Waals surface area contributed by atoms with Gasteiger partial charge < -0.3 is 4.74 Å². The second-order valence-electron chi connectivity index (χ2n) is 3.89. The SMILES string of the molecule is CCOc1cccc(C(=O)C2CCC[N]2)c1. The molecule has 85 valence electrons. The van der Waals surface area contributed by atoms with Crippen molar-refractivity contribution in [3.63, 3.8) is 0 Å². The molecule has 1 fully saturated rings. The molecule has 0 spiro atoms. The summed E-state index contributed by atoms with van der Waals surface area (Å²) in [5.74, 6) is 0.880. The van der Waals surface area contributed by atoms with Gasteiger partial charge >= 0.3 is 0 Å². The van der Waals surface area contributed by atoms with Gasteiger partial charge in [-0.1, -0.05) is 12.1 Å². The third-order valence-electron chi connectivity index (χ3n) is 2.72. The van der Waals surface area contributed by atoms with Crippen LogP contribution in [0.25, 0.3) is 0 Å². The second kappa shape index (κ2) is 5.12. The zero-order valence-corrected chi connectivity index (χ0v) is 9.48. The van der Waals surface area contributed by atoms with Crippen molar-refractivity contribution in [3.8, 4) is 5.75 Å². The predicted molar refractivity (Wildman–Crippen MR) is 62.0 cm³/mol. The van der Waals surface area contributed by atoms with Crippen molar-refractivity contribution in [1.82, 2.24) is 5.32 Å². The lowest BCUT2D eigenvalue weighted by Gasteiger charge is -2.09. The lowest BCUT2D eigenvalue weighted by atomic mass is 10.0. The summed E-state index contributed by atoms with van der Waals surface area (Å²) in [5, 5.41) is 4.30. The van der Waals surface area contributed by atoms with E-state index in [0.29, 0.717) is 12.2 Å². The molecule has 1 aromatic carbocycles. The maximum atomic E-state index is 12.1. The zero-order valence-electron chi connectivity index (χ0n) is 9.48. The Hall–Kier alpha value is -1.35. The maximum absolute atomic E-state index is 12.1. The molecular weight excluding hydrogens is 202 g/mol. The van der Waals surface area contributed by atoms with Gasteiger partial charge in [0.25, 0.3) is 0 Å². The minimum Gasteiger partial charge on any atom is -0.494 e. The number of carbonyl (C=O) groups excluding carboxylic acids is 1. The first-order chi connectivity index (χ1) is 7.81. The molecule has 1 aromatic rings. The molecule has 0 N–H and O–H groups in total. The first kappa shape index (κ1) is 11.1. The average Bonchev–Trinajstić information content (AvgIpc) is 2.82. The minimum absolute atomic E-state index is 0.124. The normalized spacial score (nSPS) is 19.7. The number of ketones is 1. The molecule has 3 heteroatoms. The Morgan fingerprint density at radius 3 is 3.12 bits per heavy atom. The number of ether oxygens (including phenoxy) is 1. The van der Waals surface area contributed by atoms with Crippen LogP contribution in [0.3, 0.4) is 0 Å². The third kappa shape index (κ3) is 2.42. The van der Waals surface area contributed by atoms with Gasteiger partial charge in [0.15, 0.2) is 5.78 Å². The predicted octanol–water partition coefficient (Wildman–Crippen LogP) is 2.03. The molecule has 3 nitrogen and oxygen atoms in total. The number of benzene rings is 1. The fourth-order valence-electron chi connectivity index (χ4n) is 1.94. The fraction of sp³-hybridized carbons (Fsp3) is 0.462. The van der Waals surface area contributed by atoms with E-state index in [1.54, 1.807) is 6.07 Å². The summed E-state index contributed by atoms with van der Waals surface area (Å²) in [6.45, 7) is 3.37. The van der Waals surface area contributed by atoms with Crippen LogP contribution in [0, 0.1) is 0 Å². The van der Waals surface area contributed by atoms with Crippen LogP contribution in [0.15, 0.2) is 24.3 Å². The van der Waals surface area contributed by atoms with Crippen molar-refractivity contribution in [1.29, 1.82) is 0 Å². The van der Waals surface area contributed by atoms with Crippen molar-refractivity contribution in [2.45, 2.75) is 25.8 Å². The number of nitrogens with zero attached hydrogens (tertiary/aromatic N) is 1. The lowest BCUT2D eigenvalue weighted by Crippen LogP contribution is -2.25. The molecule has 2 rings (SSSR count). The smallest absolute Gasteiger partial charge is 0.181 e. The molecule has 1 unspecified atom stereocenters. The summed E-state index contributed by atoms with van der Waals surface area (Å²) in [7, 11) is 0. The Balaban J connectivity index is 2.12. The van der Waals surface area contributed by atoms with Gasteiger partial charge in [-0.15, -0.1) is 0 Å². The molecule has 0 amide bonds. The number of hydrogen-bond acceptors (Lipinski definition) is 2. The molecule has 0 aliphatic carbocycles. The van der Waals surface area contributed by atoms with Crippen LogP contribution in [0.1, 0.15) is 30.1 Å². The van der Waals surface area contributed by atoms with Gasteiger partial charge in [0.05, 0.1) is 12.6 Å². The van der Waals surface area contributed by atoms with Gasteiger partial charge in [-0.2, -0.15) is 0 Å². The Bertz CT molecular complexity index is 370. The van der Waals surface area contributed by atoms with Crippen LogP contribution in [0.4, 0.5) is 0 Å². The largest absolute Gasteiger partial charge is 0.494 e. The van der Waals surface area contributed by atoms with E-state index in [1.807, 2.05) is 25.1 Å². The van der Waals surface area contributed by atoms with Crippen LogP contribution in [0.2, 0.25) is 0 Å². The molecule has 1 atom stereocenters. The summed E-state index contributed by atoms with van der Waals surface area (Å²) < 4.78 is 5.38. The minimum atomic E-state index is -0.128. The highest BCUT2D eigenvalue weighted by Crippen LogP contribution is 2.18. The van der Waals surface area contributed by atoms with Crippen LogP contribution < -0.4 is 10.1 Å². The van der Waals surface area contributed by atoms with Gasteiger partial charge in [0, 0.05) is 12.1 Å². The van der Waals surface area contributed by atoms with Crippen molar-refractivity contribution >= 4 is 5.78 Å². The van der Waals surface area contributed by atoms with Gasteiger partial charge in [-0.3, -0.25) is 4.79 Å². The first-order valence-corrected chi connectivity index (χ1v) is 5.75. The molecule has 1 radical (unpaired) electrons. The molecular formula is C13H16NO2. The van der Waals surface area contributed by atoms with E-state index in [9.17, 15) is 4.79 Å². The Kier molecular flexibility index (Phi) is 3.57. The number of hydrogen-bond donors (Lipinski definition) is 0. The Morgan fingerprint density at radius 2 is 2.44 bits per heavy atom. The third-order valence-corrected chi connectivity index (χ3v) is 2.72. The first-order valence-electron chi connectivity index (χ1n) is 5.75. The van der Waals surface area contributed by atoms with Crippen LogP contribution in [-0.4, -0.2) is 25.0 Å². The molecule has 0 bridgehead atoms. The Labute approximate surface area is 95.8 Å². The summed E-state index contributed by atoms with van der Waals surface area (Å²) in [6.07, 6.45) is 1.92. The van der Waals surface area contributed by atoms with E-state index >= 15 is 0 Å². The quantitative estimate of drug-likeness (QED) is 0.725. The highest BCUT2D eigenvalue weighted by atomic mass is 16.5. The monoisotopic (exact) mass is 218 g/mol. The fourth-order valence-corrected chi connectivity index (χ4v) is 1.94. The summed E-state index contributed by atoms with van der Waals surface area (Å²) in [5.41, 5.74) is 0.710. The molecule has 1 aliphatic heterocycles. The van der Waals surface area contributed by atoms with Crippen LogP contribution in [0.5, 0.6) is 5.75 Å². The highest BCUT2D eigenvalue weighted by Gasteiger charge is 2.24. The lowest BCUT2D eigenvalue weighted by molar-refractivity contribution is 0.0950. The standard InChI is InChI=1S/C13H16NO2/c1-2-16-11-6-3-5-10(9-11)13(15)12-7-4-8-14-12/h3,5-6,9,12H,2,4,7-8H2,1H3. The second-order valence-corrected chi connectivity index (χ2v) is 3.89. The molecule has 1 aliphatic rings. The van der Waals surface area contributed by atoms with E-state index in [0.717, 1.165) is 25.1 Å². The molecule has 1 saturated heterocycles. The van der Waals surface area contributed by atoms with E-state index in [2.05, 4.69) is 5.32 Å². The van der Waals surface area contributed by atoms with Gasteiger partial charge in [0.1, 0.15) is 5.75 Å². The van der Waals surface area contributed by atoms with E-state index < -0.39 is 0 Å². The number of rotatable bonds is 4. The Morgan fingerprint density at radius 1 is 1.56 bits per heavy atom. The molecule has 1 heterocycles. The van der Waals surface area contributed by atoms with E-state index in [-0.39, 0.29) is 11.8 Å². The number of Topliss-reactive ketones (excluding diaryl/α,β-unsaturated/α-hetero) is 1. The summed E-state index contributed by atoms with van der Waals surface area (Å²) >= 11 is 0. The summed E-state index contributed by atoms with van der Waals surface area (Å²) in [6, 6.07) is 7.23. The van der Waals surface area contributed by atoms with Crippen molar-refractivity contribution in [2.75, 3.05) is 13.2 Å². The van der Waals surface area contributed by atoms with E-state index in [1.165, 1.54) is 0 Å². The van der Waals surface area contributed by atoms with Gasteiger partial charge in [-0.05, 0) is 31.9 Å².